The van der Waals surface area contributed by atoms with Crippen LogP contribution in [-0.2, 0) is 16.4 Å². The molecule has 1 aliphatic rings. The van der Waals surface area contributed by atoms with Gasteiger partial charge in [0, 0.05) is 24.3 Å². The maximum Gasteiger partial charge on any atom is 0.255 e. The molecule has 1 unspecified atom stereocenters. The van der Waals surface area contributed by atoms with Gasteiger partial charge in [-0.05, 0) is 67.1 Å². The van der Waals surface area contributed by atoms with Gasteiger partial charge in [0.25, 0.3) is 5.91 Å². The van der Waals surface area contributed by atoms with E-state index in [0.717, 1.165) is 24.9 Å². The van der Waals surface area contributed by atoms with Gasteiger partial charge in [0.15, 0.2) is 0 Å². The summed E-state index contributed by atoms with van der Waals surface area (Å²) in [5.74, 6) is 0.118. The standard InChI is InChI=1S/C21H26N2O3S/c1-3-17-6-10-19(11-7-17)22-21(24)18-8-12-20(13-9-18)27(25,26)23-14-4-5-16(2)15-23/h6-13,16H,3-5,14-15H2,1-2H3,(H,22,24). The van der Waals surface area contributed by atoms with Crippen molar-refractivity contribution >= 4 is 21.6 Å². The largest absolute Gasteiger partial charge is 0.322 e. The predicted octanol–water partition coefficient (Wildman–Crippen LogP) is 3.92. The molecule has 1 saturated heterocycles. The van der Waals surface area contributed by atoms with E-state index in [0.29, 0.717) is 24.6 Å². The van der Waals surface area contributed by atoms with E-state index in [9.17, 15) is 13.2 Å². The topological polar surface area (TPSA) is 66.5 Å². The van der Waals surface area contributed by atoms with Gasteiger partial charge in [-0.3, -0.25) is 4.79 Å². The van der Waals surface area contributed by atoms with E-state index in [1.54, 1.807) is 16.4 Å². The highest BCUT2D eigenvalue weighted by Gasteiger charge is 2.28. The summed E-state index contributed by atoms with van der Waals surface area (Å²) in [5, 5.41) is 2.84. The number of benzene rings is 2. The Morgan fingerprint density at radius 2 is 1.78 bits per heavy atom. The summed E-state index contributed by atoms with van der Waals surface area (Å²) in [6.45, 7) is 5.26. The molecule has 0 saturated carbocycles. The van der Waals surface area contributed by atoms with Crippen molar-refractivity contribution < 1.29 is 13.2 Å². The van der Waals surface area contributed by atoms with E-state index in [2.05, 4.69) is 19.2 Å². The number of hydrogen-bond donors (Lipinski definition) is 1. The molecule has 0 aromatic heterocycles. The monoisotopic (exact) mass is 386 g/mol. The average molecular weight is 387 g/mol. The van der Waals surface area contributed by atoms with Gasteiger partial charge in [0.2, 0.25) is 10.0 Å². The van der Waals surface area contributed by atoms with Gasteiger partial charge < -0.3 is 5.32 Å². The van der Waals surface area contributed by atoms with E-state index in [4.69, 9.17) is 0 Å². The van der Waals surface area contributed by atoms with E-state index in [1.807, 2.05) is 24.3 Å². The number of amides is 1. The van der Waals surface area contributed by atoms with Crippen LogP contribution in [0, 0.1) is 5.92 Å². The summed E-state index contributed by atoms with van der Waals surface area (Å²) in [4.78, 5) is 12.6. The first-order valence-corrected chi connectivity index (χ1v) is 10.8. The Balaban J connectivity index is 1.71. The number of anilines is 1. The van der Waals surface area contributed by atoms with Gasteiger partial charge in [0.05, 0.1) is 4.90 Å². The fourth-order valence-corrected chi connectivity index (χ4v) is 4.92. The smallest absolute Gasteiger partial charge is 0.255 e. The van der Waals surface area contributed by atoms with Crippen LogP contribution in [0.4, 0.5) is 5.69 Å². The summed E-state index contributed by atoms with van der Waals surface area (Å²) in [5.41, 5.74) is 2.35. The lowest BCUT2D eigenvalue weighted by Crippen LogP contribution is -2.39. The highest BCUT2D eigenvalue weighted by Crippen LogP contribution is 2.24. The first kappa shape index (κ1) is 19.6. The molecule has 1 N–H and O–H groups in total. The summed E-state index contributed by atoms with van der Waals surface area (Å²) >= 11 is 0. The Morgan fingerprint density at radius 1 is 1.11 bits per heavy atom. The molecule has 1 aliphatic heterocycles. The first-order chi connectivity index (χ1) is 12.9. The van der Waals surface area contributed by atoms with Gasteiger partial charge >= 0.3 is 0 Å². The summed E-state index contributed by atoms with van der Waals surface area (Å²) in [6.07, 6.45) is 2.89. The second-order valence-corrected chi connectivity index (χ2v) is 9.08. The molecule has 1 heterocycles. The van der Waals surface area contributed by atoms with Gasteiger partial charge in [-0.15, -0.1) is 0 Å². The molecule has 5 nitrogen and oxygen atoms in total. The van der Waals surface area contributed by atoms with Crippen molar-refractivity contribution in [2.75, 3.05) is 18.4 Å². The van der Waals surface area contributed by atoms with Crippen molar-refractivity contribution in [3.8, 4) is 0 Å². The van der Waals surface area contributed by atoms with Crippen molar-refractivity contribution in [2.45, 2.75) is 38.0 Å². The molecule has 0 bridgehead atoms. The molecule has 1 amide bonds. The Kier molecular flexibility index (Phi) is 5.97. The van der Waals surface area contributed by atoms with Gasteiger partial charge in [-0.1, -0.05) is 26.0 Å². The van der Waals surface area contributed by atoms with Crippen LogP contribution >= 0.6 is 0 Å². The van der Waals surface area contributed by atoms with Gasteiger partial charge in [-0.25, -0.2) is 8.42 Å². The molecule has 6 heteroatoms. The fraction of sp³-hybridized carbons (Fsp3) is 0.381. The molecule has 1 atom stereocenters. The van der Waals surface area contributed by atoms with E-state index >= 15 is 0 Å². The van der Waals surface area contributed by atoms with Crippen LogP contribution < -0.4 is 5.32 Å². The van der Waals surface area contributed by atoms with Crippen molar-refractivity contribution in [3.05, 3.63) is 59.7 Å². The summed E-state index contributed by atoms with van der Waals surface area (Å²) < 4.78 is 27.1. The Labute approximate surface area is 161 Å². The third-order valence-electron chi connectivity index (χ3n) is 4.99. The number of carbonyl (C=O) groups is 1. The third kappa shape index (κ3) is 4.57. The number of hydrogen-bond acceptors (Lipinski definition) is 3. The lowest BCUT2D eigenvalue weighted by molar-refractivity contribution is 0.102. The number of carbonyl (C=O) groups excluding carboxylic acids is 1. The summed E-state index contributed by atoms with van der Waals surface area (Å²) in [7, 11) is -3.50. The van der Waals surface area contributed by atoms with Crippen LogP contribution in [0.15, 0.2) is 53.4 Å². The Morgan fingerprint density at radius 3 is 2.37 bits per heavy atom. The van der Waals surface area contributed by atoms with Crippen molar-refractivity contribution in [3.63, 3.8) is 0 Å². The summed E-state index contributed by atoms with van der Waals surface area (Å²) in [6, 6.07) is 13.9. The highest BCUT2D eigenvalue weighted by molar-refractivity contribution is 7.89. The van der Waals surface area contributed by atoms with Crippen LogP contribution in [0.3, 0.4) is 0 Å². The van der Waals surface area contributed by atoms with Crippen LogP contribution in [-0.4, -0.2) is 31.7 Å². The van der Waals surface area contributed by atoms with Crippen LogP contribution in [0.5, 0.6) is 0 Å². The maximum absolute atomic E-state index is 12.8. The number of nitrogens with zero attached hydrogens (tertiary/aromatic N) is 1. The number of piperidine rings is 1. The lowest BCUT2D eigenvalue weighted by Gasteiger charge is -2.30. The predicted molar refractivity (Wildman–Crippen MR) is 107 cm³/mol. The van der Waals surface area contributed by atoms with E-state index in [-0.39, 0.29) is 10.8 Å². The zero-order valence-electron chi connectivity index (χ0n) is 15.8. The molecule has 27 heavy (non-hydrogen) atoms. The Bertz CT molecular complexity index is 890. The van der Waals surface area contributed by atoms with E-state index < -0.39 is 10.0 Å². The van der Waals surface area contributed by atoms with Crippen LogP contribution in [0.25, 0.3) is 0 Å². The quantitative estimate of drug-likeness (QED) is 0.847. The maximum atomic E-state index is 12.8. The van der Waals surface area contributed by atoms with Crippen molar-refractivity contribution in [2.24, 2.45) is 5.92 Å². The second-order valence-electron chi connectivity index (χ2n) is 7.14. The SMILES string of the molecule is CCc1ccc(NC(=O)c2ccc(S(=O)(=O)N3CCCC(C)C3)cc2)cc1. The number of rotatable bonds is 5. The molecular weight excluding hydrogens is 360 g/mol. The number of sulfonamides is 1. The molecule has 0 radical (unpaired) electrons. The van der Waals surface area contributed by atoms with Crippen LogP contribution in [0.1, 0.15) is 42.6 Å². The molecule has 1 fully saturated rings. The van der Waals surface area contributed by atoms with Gasteiger partial charge in [0.1, 0.15) is 0 Å². The lowest BCUT2D eigenvalue weighted by atomic mass is 10.0. The molecular formula is C21H26N2O3S. The van der Waals surface area contributed by atoms with Crippen molar-refractivity contribution in [1.82, 2.24) is 4.31 Å². The zero-order chi connectivity index (χ0) is 19.4. The minimum Gasteiger partial charge on any atom is -0.322 e. The molecule has 0 spiro atoms. The normalized spacial score (nSPS) is 18.2. The molecule has 3 rings (SSSR count). The third-order valence-corrected chi connectivity index (χ3v) is 6.87. The average Bonchev–Trinajstić information content (AvgIpc) is 2.68. The van der Waals surface area contributed by atoms with Crippen LogP contribution in [0.2, 0.25) is 0 Å². The minimum absolute atomic E-state index is 0.237. The molecule has 2 aromatic rings. The molecule has 0 aliphatic carbocycles. The second kappa shape index (κ2) is 8.23. The van der Waals surface area contributed by atoms with Gasteiger partial charge in [-0.2, -0.15) is 4.31 Å². The van der Waals surface area contributed by atoms with E-state index in [1.165, 1.54) is 17.7 Å². The minimum atomic E-state index is -3.50. The first-order valence-electron chi connectivity index (χ1n) is 9.40. The molecule has 144 valence electrons. The highest BCUT2D eigenvalue weighted by atomic mass is 32.2. The number of aryl methyl sites for hydroxylation is 1. The Hall–Kier alpha value is -2.18. The number of nitrogens with one attached hydrogen (secondary N) is 1. The fourth-order valence-electron chi connectivity index (χ4n) is 3.32. The van der Waals surface area contributed by atoms with Crippen molar-refractivity contribution in [1.29, 1.82) is 0 Å². The molecule has 2 aromatic carbocycles. The zero-order valence-corrected chi connectivity index (χ0v) is 16.6.